The fraction of sp³-hybridized carbons (Fsp3) is 0.435. The molecule has 2 fully saturated rings. The topological polar surface area (TPSA) is 102 Å². The molecule has 0 unspecified atom stereocenters. The first kappa shape index (κ1) is 20.6. The Morgan fingerprint density at radius 3 is 2.66 bits per heavy atom. The zero-order valence-electron chi connectivity index (χ0n) is 17.8. The molecule has 1 aliphatic carbocycles. The minimum atomic E-state index is -0.179. The fourth-order valence-electron chi connectivity index (χ4n) is 4.31. The molecule has 1 amide bonds. The van der Waals surface area contributed by atoms with E-state index in [1.165, 1.54) is 0 Å². The number of benzene rings is 1. The van der Waals surface area contributed by atoms with Crippen LogP contribution in [0.15, 0.2) is 42.9 Å². The number of hydrogen-bond donors (Lipinski definition) is 1. The lowest BCUT2D eigenvalue weighted by molar-refractivity contribution is 0.0889. The number of aromatic nitrogens is 4. The van der Waals surface area contributed by atoms with E-state index in [2.05, 4.69) is 42.5 Å². The smallest absolute Gasteiger partial charge is 0.272 e. The first-order valence-electron chi connectivity index (χ1n) is 11.1. The Kier molecular flexibility index (Phi) is 6.06. The number of carbonyl (C=O) groups is 1. The van der Waals surface area contributed by atoms with Gasteiger partial charge in [-0.2, -0.15) is 5.10 Å². The van der Waals surface area contributed by atoms with Crippen LogP contribution in [0.25, 0.3) is 11.0 Å². The third kappa shape index (κ3) is 4.62. The number of nitrogens with zero attached hydrogens (tertiary/aromatic N) is 5. The molecule has 5 rings (SSSR count). The first-order valence-corrected chi connectivity index (χ1v) is 11.1. The molecular formula is C23H26N6O3. The lowest BCUT2D eigenvalue weighted by Gasteiger charge is -2.31. The first-order chi connectivity index (χ1) is 15.8. The van der Waals surface area contributed by atoms with Gasteiger partial charge in [0.15, 0.2) is 5.69 Å². The highest BCUT2D eigenvalue weighted by atomic mass is 16.5. The van der Waals surface area contributed by atoms with E-state index in [9.17, 15) is 4.79 Å². The van der Waals surface area contributed by atoms with Crippen LogP contribution in [-0.4, -0.2) is 64.5 Å². The van der Waals surface area contributed by atoms with Crippen LogP contribution in [0.3, 0.4) is 0 Å². The van der Waals surface area contributed by atoms with Gasteiger partial charge in [0.25, 0.3) is 5.91 Å². The van der Waals surface area contributed by atoms with E-state index in [1.807, 2.05) is 0 Å². The van der Waals surface area contributed by atoms with E-state index < -0.39 is 0 Å². The molecular weight excluding hydrogens is 408 g/mol. The van der Waals surface area contributed by atoms with Crippen molar-refractivity contribution in [1.82, 2.24) is 25.5 Å². The number of rotatable bonds is 5. The number of fused-ring (bicyclic) bond motifs is 1. The number of anilines is 1. The summed E-state index contributed by atoms with van der Waals surface area (Å²) in [6, 6.07) is 7.64. The molecule has 1 aliphatic heterocycles. The molecule has 0 bridgehead atoms. The SMILES string of the molecule is O=C(N[C@H]1CC[C@@H](Oc2cc(N3CCOCC3)cc3nccnc23)CC1)c1cccnn1. The zero-order valence-corrected chi connectivity index (χ0v) is 17.8. The van der Waals surface area contributed by atoms with Gasteiger partial charge in [-0.3, -0.25) is 9.78 Å². The summed E-state index contributed by atoms with van der Waals surface area (Å²) in [6.45, 7) is 3.14. The van der Waals surface area contributed by atoms with Crippen LogP contribution in [0, 0.1) is 0 Å². The van der Waals surface area contributed by atoms with Crippen LogP contribution in [-0.2, 0) is 4.74 Å². The Morgan fingerprint density at radius 2 is 1.88 bits per heavy atom. The van der Waals surface area contributed by atoms with Crippen molar-refractivity contribution >= 4 is 22.6 Å². The highest BCUT2D eigenvalue weighted by Crippen LogP contribution is 2.33. The summed E-state index contributed by atoms with van der Waals surface area (Å²) in [5.41, 5.74) is 3.04. The quantitative estimate of drug-likeness (QED) is 0.653. The van der Waals surface area contributed by atoms with Gasteiger partial charge in [-0.15, -0.1) is 5.10 Å². The standard InChI is InChI=1S/C23H26N6O3/c30-23(19-2-1-7-26-28-19)27-16-3-5-18(6-4-16)32-21-15-17(29-10-12-31-13-11-29)14-20-22(21)25-9-8-24-20/h1-2,7-9,14-16,18H,3-6,10-13H2,(H,27,30)/t16-,18+. The summed E-state index contributed by atoms with van der Waals surface area (Å²) in [5, 5.41) is 10.7. The van der Waals surface area contributed by atoms with Crippen molar-refractivity contribution < 1.29 is 14.3 Å². The Bertz CT molecular complexity index is 1070. The van der Waals surface area contributed by atoms with Crippen LogP contribution in [0.2, 0.25) is 0 Å². The summed E-state index contributed by atoms with van der Waals surface area (Å²) in [7, 11) is 0. The average molecular weight is 435 g/mol. The molecule has 1 saturated carbocycles. The van der Waals surface area contributed by atoms with E-state index >= 15 is 0 Å². The molecule has 0 atom stereocenters. The van der Waals surface area contributed by atoms with Crippen molar-refractivity contribution in [3.8, 4) is 5.75 Å². The van der Waals surface area contributed by atoms with Crippen molar-refractivity contribution in [2.75, 3.05) is 31.2 Å². The summed E-state index contributed by atoms with van der Waals surface area (Å²) >= 11 is 0. The van der Waals surface area contributed by atoms with Gasteiger partial charge in [0.05, 0.1) is 24.8 Å². The second-order valence-electron chi connectivity index (χ2n) is 8.14. The van der Waals surface area contributed by atoms with E-state index in [-0.39, 0.29) is 18.1 Å². The van der Waals surface area contributed by atoms with Crippen LogP contribution >= 0.6 is 0 Å². The number of morpholine rings is 1. The van der Waals surface area contributed by atoms with Crippen molar-refractivity contribution in [3.05, 3.63) is 48.5 Å². The van der Waals surface area contributed by atoms with Crippen LogP contribution in [0.1, 0.15) is 36.2 Å². The predicted octanol–water partition coefficient (Wildman–Crippen LogP) is 2.38. The number of amides is 1. The molecule has 3 heterocycles. The maximum Gasteiger partial charge on any atom is 0.272 e. The molecule has 9 heteroatoms. The Hall–Kier alpha value is -3.33. The van der Waals surface area contributed by atoms with Gasteiger partial charge in [-0.25, -0.2) is 4.98 Å². The molecule has 9 nitrogen and oxygen atoms in total. The molecule has 0 spiro atoms. The van der Waals surface area contributed by atoms with Crippen molar-refractivity contribution in [3.63, 3.8) is 0 Å². The van der Waals surface area contributed by atoms with Crippen molar-refractivity contribution in [2.45, 2.75) is 37.8 Å². The van der Waals surface area contributed by atoms with E-state index in [0.29, 0.717) is 5.69 Å². The van der Waals surface area contributed by atoms with Gasteiger partial charge in [-0.05, 0) is 43.9 Å². The predicted molar refractivity (Wildman–Crippen MR) is 119 cm³/mol. The Morgan fingerprint density at radius 1 is 1.06 bits per heavy atom. The molecule has 0 radical (unpaired) electrons. The van der Waals surface area contributed by atoms with Crippen molar-refractivity contribution in [1.29, 1.82) is 0 Å². The zero-order chi connectivity index (χ0) is 21.8. The van der Waals surface area contributed by atoms with Gasteiger partial charge in [-0.1, -0.05) is 0 Å². The van der Waals surface area contributed by atoms with Gasteiger partial charge >= 0.3 is 0 Å². The minimum Gasteiger partial charge on any atom is -0.488 e. The maximum absolute atomic E-state index is 12.3. The summed E-state index contributed by atoms with van der Waals surface area (Å²) in [4.78, 5) is 23.7. The third-order valence-electron chi connectivity index (χ3n) is 6.01. The maximum atomic E-state index is 12.3. The largest absolute Gasteiger partial charge is 0.488 e. The number of carbonyl (C=O) groups excluding carboxylic acids is 1. The van der Waals surface area contributed by atoms with E-state index in [4.69, 9.17) is 9.47 Å². The third-order valence-corrected chi connectivity index (χ3v) is 6.01. The molecule has 32 heavy (non-hydrogen) atoms. The summed E-state index contributed by atoms with van der Waals surface area (Å²) in [6.07, 6.45) is 8.45. The molecule has 1 saturated heterocycles. The molecule has 2 aliphatic rings. The van der Waals surface area contributed by atoms with Gasteiger partial charge < -0.3 is 19.7 Å². The molecule has 1 N–H and O–H groups in total. The number of nitrogens with one attached hydrogen (secondary N) is 1. The minimum absolute atomic E-state index is 0.0739. The number of hydrogen-bond acceptors (Lipinski definition) is 8. The normalized spacial score (nSPS) is 21.3. The second-order valence-corrected chi connectivity index (χ2v) is 8.14. The van der Waals surface area contributed by atoms with Crippen LogP contribution < -0.4 is 15.0 Å². The molecule has 166 valence electrons. The fourth-order valence-corrected chi connectivity index (χ4v) is 4.31. The highest BCUT2D eigenvalue weighted by Gasteiger charge is 2.25. The van der Waals surface area contributed by atoms with E-state index in [1.54, 1.807) is 30.7 Å². The average Bonchev–Trinajstić information content (AvgIpc) is 2.86. The lowest BCUT2D eigenvalue weighted by Crippen LogP contribution is -2.40. The van der Waals surface area contributed by atoms with Crippen molar-refractivity contribution in [2.24, 2.45) is 0 Å². The summed E-state index contributed by atoms with van der Waals surface area (Å²) in [5.74, 6) is 0.589. The van der Waals surface area contributed by atoms with Gasteiger partial charge in [0.1, 0.15) is 11.3 Å². The molecule has 2 aromatic heterocycles. The monoisotopic (exact) mass is 434 g/mol. The molecule has 3 aromatic rings. The van der Waals surface area contributed by atoms with Crippen LogP contribution in [0.4, 0.5) is 5.69 Å². The van der Waals surface area contributed by atoms with Crippen LogP contribution in [0.5, 0.6) is 5.75 Å². The Balaban J connectivity index is 1.25. The van der Waals surface area contributed by atoms with Gasteiger partial charge in [0.2, 0.25) is 0 Å². The highest BCUT2D eigenvalue weighted by molar-refractivity contribution is 5.92. The second kappa shape index (κ2) is 9.44. The molecule has 1 aromatic carbocycles. The number of ether oxygens (including phenoxy) is 2. The summed E-state index contributed by atoms with van der Waals surface area (Å²) < 4.78 is 11.9. The van der Waals surface area contributed by atoms with Gasteiger partial charge in [0, 0.05) is 49.5 Å². The lowest BCUT2D eigenvalue weighted by atomic mass is 9.92. The van der Waals surface area contributed by atoms with E-state index in [0.717, 1.165) is 74.5 Å². The Labute approximate surface area is 186 Å².